The maximum Gasteiger partial charge on any atom is 0.223 e. The minimum absolute atomic E-state index is 0. The van der Waals surface area contributed by atoms with Crippen LogP contribution in [0.3, 0.4) is 0 Å². The highest BCUT2D eigenvalue weighted by Crippen LogP contribution is 2.11. The molecule has 0 unspecified atom stereocenters. The molecular weight excluding hydrogens is 238 g/mol. The van der Waals surface area contributed by atoms with Crippen molar-refractivity contribution in [2.24, 2.45) is 5.92 Å². The third-order valence-corrected chi connectivity index (χ3v) is 2.90. The number of aromatic nitrogens is 1. The summed E-state index contributed by atoms with van der Waals surface area (Å²) in [6.07, 6.45) is 5.40. The normalized spacial score (nSPS) is 16.0. The van der Waals surface area contributed by atoms with Gasteiger partial charge in [0.1, 0.15) is 0 Å². The Morgan fingerprint density at radius 1 is 1.47 bits per heavy atom. The fourth-order valence-electron chi connectivity index (χ4n) is 1.92. The summed E-state index contributed by atoms with van der Waals surface area (Å²) in [6.45, 7) is 2.48. The van der Waals surface area contributed by atoms with Gasteiger partial charge in [0.05, 0.1) is 0 Å². The predicted molar refractivity (Wildman–Crippen MR) is 68.9 cm³/mol. The van der Waals surface area contributed by atoms with E-state index in [1.807, 2.05) is 12.1 Å². The minimum Gasteiger partial charge on any atom is -0.352 e. The maximum atomic E-state index is 11.8. The van der Waals surface area contributed by atoms with Crippen LogP contribution in [0.2, 0.25) is 0 Å². The van der Waals surface area contributed by atoms with Crippen molar-refractivity contribution in [2.45, 2.75) is 19.4 Å². The highest BCUT2D eigenvalue weighted by Gasteiger charge is 2.20. The summed E-state index contributed by atoms with van der Waals surface area (Å²) in [5.41, 5.74) is 1.05. The highest BCUT2D eigenvalue weighted by atomic mass is 35.5. The van der Waals surface area contributed by atoms with E-state index in [0.717, 1.165) is 31.5 Å². The molecule has 0 radical (unpaired) electrons. The van der Waals surface area contributed by atoms with Crippen LogP contribution < -0.4 is 10.6 Å². The van der Waals surface area contributed by atoms with Crippen LogP contribution in [0.4, 0.5) is 0 Å². The number of rotatable bonds is 3. The molecule has 94 valence electrons. The first-order chi connectivity index (χ1) is 7.86. The van der Waals surface area contributed by atoms with Crippen LogP contribution in [0.1, 0.15) is 18.4 Å². The van der Waals surface area contributed by atoms with Crippen molar-refractivity contribution < 1.29 is 4.79 Å². The number of halogens is 1. The second kappa shape index (κ2) is 7.25. The van der Waals surface area contributed by atoms with E-state index < -0.39 is 0 Å². The first-order valence-corrected chi connectivity index (χ1v) is 5.73. The van der Waals surface area contributed by atoms with Crippen molar-refractivity contribution in [2.75, 3.05) is 13.1 Å². The van der Waals surface area contributed by atoms with Crippen LogP contribution in [0.25, 0.3) is 0 Å². The standard InChI is InChI=1S/C12H17N3O.ClH/c16-12(11-3-6-13-7-4-11)15-9-10-2-1-5-14-8-10;/h1-2,5,8,11,13H,3-4,6-7,9H2,(H,15,16);1H. The van der Waals surface area contributed by atoms with Crippen LogP contribution in [0, 0.1) is 5.92 Å². The van der Waals surface area contributed by atoms with Crippen LogP contribution >= 0.6 is 12.4 Å². The molecule has 5 heteroatoms. The molecule has 2 heterocycles. The number of amides is 1. The van der Waals surface area contributed by atoms with Gasteiger partial charge < -0.3 is 10.6 Å². The third kappa shape index (κ3) is 4.32. The SMILES string of the molecule is Cl.O=C(NCc1cccnc1)C1CCNCC1. The van der Waals surface area contributed by atoms with E-state index in [1.54, 1.807) is 12.4 Å². The lowest BCUT2D eigenvalue weighted by Crippen LogP contribution is -2.37. The smallest absolute Gasteiger partial charge is 0.223 e. The molecule has 1 aromatic rings. The van der Waals surface area contributed by atoms with Gasteiger partial charge in [-0.3, -0.25) is 9.78 Å². The van der Waals surface area contributed by atoms with E-state index in [4.69, 9.17) is 0 Å². The van der Waals surface area contributed by atoms with Crippen LogP contribution in [-0.2, 0) is 11.3 Å². The summed E-state index contributed by atoms with van der Waals surface area (Å²) < 4.78 is 0. The van der Waals surface area contributed by atoms with Crippen molar-refractivity contribution >= 4 is 18.3 Å². The second-order valence-electron chi connectivity index (χ2n) is 4.10. The summed E-state index contributed by atoms with van der Waals surface area (Å²) in [5.74, 6) is 0.350. The van der Waals surface area contributed by atoms with E-state index >= 15 is 0 Å². The molecule has 2 N–H and O–H groups in total. The number of hydrogen-bond acceptors (Lipinski definition) is 3. The fraction of sp³-hybridized carbons (Fsp3) is 0.500. The number of carbonyl (C=O) groups is 1. The minimum atomic E-state index is 0. The summed E-state index contributed by atoms with van der Waals surface area (Å²) >= 11 is 0. The Morgan fingerprint density at radius 2 is 2.24 bits per heavy atom. The molecule has 1 aliphatic heterocycles. The van der Waals surface area contributed by atoms with E-state index in [2.05, 4.69) is 15.6 Å². The van der Waals surface area contributed by atoms with Gasteiger partial charge >= 0.3 is 0 Å². The molecule has 1 aromatic heterocycles. The lowest BCUT2D eigenvalue weighted by molar-refractivity contribution is -0.125. The van der Waals surface area contributed by atoms with Crippen molar-refractivity contribution in [1.82, 2.24) is 15.6 Å². The van der Waals surface area contributed by atoms with E-state index in [9.17, 15) is 4.79 Å². The summed E-state index contributed by atoms with van der Waals surface area (Å²) in [6, 6.07) is 3.85. The van der Waals surface area contributed by atoms with Gasteiger partial charge in [0.2, 0.25) is 5.91 Å². The summed E-state index contributed by atoms with van der Waals surface area (Å²) in [4.78, 5) is 15.8. The molecular formula is C12H18ClN3O. The molecule has 1 saturated heterocycles. The second-order valence-corrected chi connectivity index (χ2v) is 4.10. The number of hydrogen-bond donors (Lipinski definition) is 2. The quantitative estimate of drug-likeness (QED) is 0.851. The molecule has 0 aliphatic carbocycles. The number of pyridine rings is 1. The first kappa shape index (κ1) is 13.9. The Kier molecular flexibility index (Phi) is 5.94. The lowest BCUT2D eigenvalue weighted by atomic mass is 9.97. The number of carbonyl (C=O) groups excluding carboxylic acids is 1. The Morgan fingerprint density at radius 3 is 2.88 bits per heavy atom. The molecule has 0 bridgehead atoms. The molecule has 2 rings (SSSR count). The van der Waals surface area contributed by atoms with Crippen molar-refractivity contribution in [3.8, 4) is 0 Å². The molecule has 1 aliphatic rings. The molecule has 0 spiro atoms. The average molecular weight is 256 g/mol. The number of piperidine rings is 1. The van der Waals surface area contributed by atoms with Crippen molar-refractivity contribution in [3.63, 3.8) is 0 Å². The zero-order valence-electron chi connectivity index (χ0n) is 9.69. The van der Waals surface area contributed by atoms with E-state index in [0.29, 0.717) is 6.54 Å². The maximum absolute atomic E-state index is 11.8. The number of nitrogens with zero attached hydrogens (tertiary/aromatic N) is 1. The Hall–Kier alpha value is -1.13. The van der Waals surface area contributed by atoms with Crippen LogP contribution in [-0.4, -0.2) is 24.0 Å². The molecule has 4 nitrogen and oxygen atoms in total. The van der Waals surface area contributed by atoms with Gasteiger partial charge in [0, 0.05) is 24.9 Å². The molecule has 0 atom stereocenters. The van der Waals surface area contributed by atoms with Gasteiger partial charge in [-0.05, 0) is 37.6 Å². The third-order valence-electron chi connectivity index (χ3n) is 2.90. The molecule has 0 aromatic carbocycles. The molecule has 1 fully saturated rings. The van der Waals surface area contributed by atoms with Gasteiger partial charge in [-0.2, -0.15) is 0 Å². The van der Waals surface area contributed by atoms with E-state index in [-0.39, 0.29) is 24.2 Å². The van der Waals surface area contributed by atoms with Crippen molar-refractivity contribution in [3.05, 3.63) is 30.1 Å². The van der Waals surface area contributed by atoms with Crippen LogP contribution in [0.5, 0.6) is 0 Å². The van der Waals surface area contributed by atoms with Gasteiger partial charge in [-0.15, -0.1) is 12.4 Å². The Balaban J connectivity index is 0.00000144. The molecule has 0 saturated carbocycles. The lowest BCUT2D eigenvalue weighted by Gasteiger charge is -2.21. The van der Waals surface area contributed by atoms with Crippen LogP contribution in [0.15, 0.2) is 24.5 Å². The molecule has 17 heavy (non-hydrogen) atoms. The largest absolute Gasteiger partial charge is 0.352 e. The van der Waals surface area contributed by atoms with Gasteiger partial charge in [0.15, 0.2) is 0 Å². The summed E-state index contributed by atoms with van der Waals surface area (Å²) in [7, 11) is 0. The Labute approximate surface area is 108 Å². The van der Waals surface area contributed by atoms with Gasteiger partial charge in [-0.1, -0.05) is 6.07 Å². The topological polar surface area (TPSA) is 54.0 Å². The number of nitrogens with one attached hydrogen (secondary N) is 2. The average Bonchev–Trinajstić information content (AvgIpc) is 2.38. The highest BCUT2D eigenvalue weighted by molar-refractivity contribution is 5.85. The Bertz CT molecular complexity index is 339. The zero-order valence-corrected chi connectivity index (χ0v) is 10.5. The fourth-order valence-corrected chi connectivity index (χ4v) is 1.92. The summed E-state index contributed by atoms with van der Waals surface area (Å²) in [5, 5.41) is 6.22. The van der Waals surface area contributed by atoms with E-state index in [1.165, 1.54) is 0 Å². The zero-order chi connectivity index (χ0) is 11.2. The molecule has 1 amide bonds. The monoisotopic (exact) mass is 255 g/mol. The first-order valence-electron chi connectivity index (χ1n) is 5.73. The van der Waals surface area contributed by atoms with Gasteiger partial charge in [-0.25, -0.2) is 0 Å². The van der Waals surface area contributed by atoms with Crippen molar-refractivity contribution in [1.29, 1.82) is 0 Å². The predicted octanol–water partition coefficient (Wildman–Crippen LogP) is 1.12. The van der Waals surface area contributed by atoms with Gasteiger partial charge in [0.25, 0.3) is 0 Å².